The highest BCUT2D eigenvalue weighted by Crippen LogP contribution is 2.66. The molecule has 0 unspecified atom stereocenters. The van der Waals surface area contributed by atoms with E-state index in [1.54, 1.807) is 0 Å². The number of fused-ring (bicyclic) bond motifs is 5. The quantitative estimate of drug-likeness (QED) is 0.522. The van der Waals surface area contributed by atoms with Crippen LogP contribution in [0.3, 0.4) is 0 Å². The van der Waals surface area contributed by atoms with Crippen LogP contribution in [0.25, 0.3) is 0 Å². The predicted octanol–water partition coefficient (Wildman–Crippen LogP) is 3.80. The molecule has 4 rings (SSSR count). The van der Waals surface area contributed by atoms with Crippen LogP contribution in [0.1, 0.15) is 71.6 Å². The molecular formula is C24H40N2O3. The fourth-order valence-corrected chi connectivity index (χ4v) is 7.81. The Morgan fingerprint density at radius 2 is 2.00 bits per heavy atom. The number of nitrogens with one attached hydrogen (secondary N) is 1. The van der Waals surface area contributed by atoms with Crippen molar-refractivity contribution in [1.82, 2.24) is 5.32 Å². The van der Waals surface area contributed by atoms with E-state index in [1.165, 1.54) is 12.1 Å². The van der Waals surface area contributed by atoms with Crippen LogP contribution in [0.4, 0.5) is 0 Å². The van der Waals surface area contributed by atoms with Crippen LogP contribution in [0.15, 0.2) is 5.16 Å². The molecule has 7 atom stereocenters. The van der Waals surface area contributed by atoms with E-state index in [0.717, 1.165) is 57.9 Å². The number of carbonyl (C=O) groups is 1. The van der Waals surface area contributed by atoms with Crippen molar-refractivity contribution >= 4 is 11.5 Å². The zero-order valence-corrected chi connectivity index (χ0v) is 18.6. The number of nitrogens with zero attached hydrogens (tertiary/aromatic N) is 1. The summed E-state index contributed by atoms with van der Waals surface area (Å²) in [5.41, 5.74) is 1.35. The van der Waals surface area contributed by atoms with E-state index in [9.17, 15) is 9.90 Å². The van der Waals surface area contributed by atoms with Crippen molar-refractivity contribution in [1.29, 1.82) is 0 Å². The minimum absolute atomic E-state index is 0.0904. The molecule has 4 saturated carbocycles. The number of ketones is 1. The van der Waals surface area contributed by atoms with Crippen molar-refractivity contribution in [3.05, 3.63) is 0 Å². The van der Waals surface area contributed by atoms with Gasteiger partial charge in [-0.25, -0.2) is 0 Å². The van der Waals surface area contributed by atoms with Gasteiger partial charge in [0.05, 0.1) is 5.71 Å². The summed E-state index contributed by atoms with van der Waals surface area (Å²) in [4.78, 5) is 18.2. The number of hydrogen-bond acceptors (Lipinski definition) is 5. The van der Waals surface area contributed by atoms with Crippen LogP contribution in [0, 0.1) is 40.4 Å². The van der Waals surface area contributed by atoms with Crippen LogP contribution in [0.2, 0.25) is 0 Å². The maximum atomic E-state index is 12.6. The van der Waals surface area contributed by atoms with Gasteiger partial charge in [-0.2, -0.15) is 0 Å². The molecule has 0 heterocycles. The van der Waals surface area contributed by atoms with Crippen LogP contribution in [0.5, 0.6) is 0 Å². The molecule has 4 fully saturated rings. The summed E-state index contributed by atoms with van der Waals surface area (Å²) in [5.74, 6) is 3.15. The third-order valence-electron chi connectivity index (χ3n) is 9.48. The second kappa shape index (κ2) is 8.30. The first-order chi connectivity index (χ1) is 13.9. The molecule has 4 aliphatic carbocycles. The fourth-order valence-electron chi connectivity index (χ4n) is 7.81. The van der Waals surface area contributed by atoms with Gasteiger partial charge in [-0.3, -0.25) is 4.79 Å². The first-order valence-electron chi connectivity index (χ1n) is 11.9. The molecule has 0 spiro atoms. The molecule has 0 aromatic heterocycles. The summed E-state index contributed by atoms with van der Waals surface area (Å²) in [7, 11) is 1.95. The monoisotopic (exact) mass is 404 g/mol. The predicted molar refractivity (Wildman–Crippen MR) is 115 cm³/mol. The number of carbonyl (C=O) groups excluding carboxylic acids is 1. The normalized spacial score (nSPS) is 45.6. The SMILES string of the molecule is CNCCCO/N=C1\CC[C@@]2(C)[C@H](C1)[C@@H](CO)C[C@@H]1[C@@H]2CC[C@]2(C)C(=O)CC[C@@H]12. The van der Waals surface area contributed by atoms with Crippen molar-refractivity contribution in [3.8, 4) is 0 Å². The number of aliphatic hydroxyl groups is 1. The Labute approximate surface area is 176 Å². The lowest BCUT2D eigenvalue weighted by molar-refractivity contribution is -0.145. The van der Waals surface area contributed by atoms with Gasteiger partial charge in [0.25, 0.3) is 0 Å². The lowest BCUT2D eigenvalue weighted by Gasteiger charge is -2.61. The molecule has 2 N–H and O–H groups in total. The van der Waals surface area contributed by atoms with E-state index in [4.69, 9.17) is 4.84 Å². The molecule has 5 heteroatoms. The van der Waals surface area contributed by atoms with E-state index in [2.05, 4.69) is 24.3 Å². The van der Waals surface area contributed by atoms with Crippen LogP contribution in [-0.4, -0.2) is 43.4 Å². The second-order valence-corrected chi connectivity index (χ2v) is 10.7. The third kappa shape index (κ3) is 3.56. The molecular weight excluding hydrogens is 364 g/mol. The van der Waals surface area contributed by atoms with Gasteiger partial charge in [-0.1, -0.05) is 19.0 Å². The molecule has 4 aliphatic rings. The molecule has 0 amide bonds. The third-order valence-corrected chi connectivity index (χ3v) is 9.48. The van der Waals surface area contributed by atoms with E-state index < -0.39 is 0 Å². The van der Waals surface area contributed by atoms with Crippen molar-refractivity contribution < 1.29 is 14.7 Å². The minimum Gasteiger partial charge on any atom is -0.396 e. The van der Waals surface area contributed by atoms with Gasteiger partial charge < -0.3 is 15.3 Å². The number of Topliss-reactive ketones (excluding diaryl/α,β-unsaturated/α-hetero) is 1. The average molecular weight is 405 g/mol. The van der Waals surface area contributed by atoms with E-state index in [-0.39, 0.29) is 17.4 Å². The molecule has 0 radical (unpaired) electrons. The smallest absolute Gasteiger partial charge is 0.139 e. The van der Waals surface area contributed by atoms with Crippen LogP contribution >= 0.6 is 0 Å². The lowest BCUT2D eigenvalue weighted by atomic mass is 9.43. The Morgan fingerprint density at radius 1 is 1.17 bits per heavy atom. The molecule has 5 nitrogen and oxygen atoms in total. The molecule has 0 aliphatic heterocycles. The van der Waals surface area contributed by atoms with Crippen LogP contribution < -0.4 is 5.32 Å². The Kier molecular flexibility index (Phi) is 6.09. The van der Waals surface area contributed by atoms with Crippen molar-refractivity contribution in [3.63, 3.8) is 0 Å². The summed E-state index contributed by atoms with van der Waals surface area (Å²) >= 11 is 0. The second-order valence-electron chi connectivity index (χ2n) is 10.7. The molecule has 0 bridgehead atoms. The highest BCUT2D eigenvalue weighted by Gasteiger charge is 2.61. The van der Waals surface area contributed by atoms with Crippen molar-refractivity contribution in [2.24, 2.45) is 45.6 Å². The fraction of sp³-hybridized carbons (Fsp3) is 0.917. The van der Waals surface area contributed by atoms with Gasteiger partial charge in [0.1, 0.15) is 12.4 Å². The maximum Gasteiger partial charge on any atom is 0.139 e. The first-order valence-corrected chi connectivity index (χ1v) is 11.9. The van der Waals surface area contributed by atoms with Gasteiger partial charge in [0, 0.05) is 18.4 Å². The zero-order valence-electron chi connectivity index (χ0n) is 18.6. The van der Waals surface area contributed by atoms with E-state index in [0.29, 0.717) is 42.0 Å². The molecule has 29 heavy (non-hydrogen) atoms. The summed E-state index contributed by atoms with van der Waals surface area (Å²) in [6.07, 6.45) is 9.28. The molecule has 164 valence electrons. The molecule has 0 saturated heterocycles. The van der Waals surface area contributed by atoms with Crippen molar-refractivity contribution in [2.75, 3.05) is 26.8 Å². The van der Waals surface area contributed by atoms with E-state index >= 15 is 0 Å². The average Bonchev–Trinajstić information content (AvgIpc) is 3.02. The van der Waals surface area contributed by atoms with Gasteiger partial charge in [0.2, 0.25) is 0 Å². The summed E-state index contributed by atoms with van der Waals surface area (Å²) in [5, 5.41) is 17.9. The Morgan fingerprint density at radius 3 is 2.76 bits per heavy atom. The number of hydrogen-bond donors (Lipinski definition) is 2. The molecule has 0 aromatic carbocycles. The standard InChI is InChI=1S/C24H40N2O3/c1-23-9-7-17(26-29-12-4-11-25-3)14-21(23)16(15-27)13-18-19-5-6-22(28)24(19,2)10-8-20(18)23/h16,18-21,25,27H,4-15H2,1-3H3/b26-17+/t16-,18+,19+,20+,21-,23-,24+/m1/s1. The Bertz CT molecular complexity index is 650. The summed E-state index contributed by atoms with van der Waals surface area (Å²) in [6.45, 7) is 6.60. The van der Waals surface area contributed by atoms with Gasteiger partial charge in [0.15, 0.2) is 0 Å². The van der Waals surface area contributed by atoms with Gasteiger partial charge in [-0.05, 0) is 100.0 Å². The number of oxime groups is 1. The van der Waals surface area contributed by atoms with E-state index in [1.807, 2.05) is 7.05 Å². The van der Waals surface area contributed by atoms with Crippen molar-refractivity contribution in [2.45, 2.75) is 71.6 Å². The Hall–Kier alpha value is -0.940. The molecule has 0 aromatic rings. The number of rotatable bonds is 6. The Balaban J connectivity index is 1.50. The number of aliphatic hydroxyl groups excluding tert-OH is 1. The highest BCUT2D eigenvalue weighted by atomic mass is 16.6. The maximum absolute atomic E-state index is 12.6. The van der Waals surface area contributed by atoms with Crippen LogP contribution in [-0.2, 0) is 9.63 Å². The first kappa shape index (κ1) is 21.3. The highest BCUT2D eigenvalue weighted by molar-refractivity contribution is 5.87. The van der Waals surface area contributed by atoms with Gasteiger partial charge in [-0.15, -0.1) is 0 Å². The minimum atomic E-state index is -0.0904. The van der Waals surface area contributed by atoms with Gasteiger partial charge >= 0.3 is 0 Å². The zero-order chi connectivity index (χ0) is 20.6. The largest absolute Gasteiger partial charge is 0.396 e. The topological polar surface area (TPSA) is 70.9 Å². The summed E-state index contributed by atoms with van der Waals surface area (Å²) in [6, 6.07) is 0. The summed E-state index contributed by atoms with van der Waals surface area (Å²) < 4.78 is 0. The lowest BCUT2D eigenvalue weighted by Crippen LogP contribution is -2.56.